The van der Waals surface area contributed by atoms with Crippen LogP contribution in [0.5, 0.6) is 0 Å². The summed E-state index contributed by atoms with van der Waals surface area (Å²) in [4.78, 5) is 50.3. The molecule has 2 aliphatic rings. The van der Waals surface area contributed by atoms with Gasteiger partial charge in [-0.25, -0.2) is 0 Å². The van der Waals surface area contributed by atoms with Crippen molar-refractivity contribution in [1.29, 1.82) is 0 Å². The molecular weight excluding hydrogens is 648 g/mol. The van der Waals surface area contributed by atoms with Crippen LogP contribution in [0.15, 0.2) is 77.7 Å². The second-order valence-electron chi connectivity index (χ2n) is 12.3. The average Bonchev–Trinajstić information content (AvgIpc) is 3.91. The second-order valence-corrected chi connectivity index (χ2v) is 13.3. The molecule has 1 saturated heterocycles. The lowest BCUT2D eigenvalue weighted by Gasteiger charge is -2.50. The van der Waals surface area contributed by atoms with Gasteiger partial charge in [0.1, 0.15) is 12.7 Å². The van der Waals surface area contributed by atoms with Gasteiger partial charge < -0.3 is 28.4 Å². The Bertz CT molecular complexity index is 1640. The minimum Gasteiger partial charge on any atom is -0.463 e. The lowest BCUT2D eigenvalue weighted by Crippen LogP contribution is -2.67. The van der Waals surface area contributed by atoms with E-state index in [4.69, 9.17) is 28.4 Å². The van der Waals surface area contributed by atoms with Crippen molar-refractivity contribution in [1.82, 2.24) is 0 Å². The van der Waals surface area contributed by atoms with Gasteiger partial charge in [0, 0.05) is 51.0 Å². The number of rotatable bonds is 13. The predicted molar refractivity (Wildman–Crippen MR) is 181 cm³/mol. The van der Waals surface area contributed by atoms with E-state index in [1.165, 1.54) is 58.8 Å². The lowest BCUT2D eigenvalue weighted by molar-refractivity contribution is -0.367. The highest BCUT2D eigenvalue weighted by Crippen LogP contribution is 2.45. The normalized spacial score (nSPS) is 23.3. The van der Waals surface area contributed by atoms with Crippen LogP contribution in [0.2, 0.25) is 0 Å². The quantitative estimate of drug-likeness (QED) is 0.119. The molecule has 0 N–H and O–H groups in total. The maximum atomic E-state index is 12.6. The zero-order chi connectivity index (χ0) is 35.1. The van der Waals surface area contributed by atoms with E-state index in [0.29, 0.717) is 17.9 Å². The Morgan fingerprint density at radius 2 is 1.43 bits per heavy atom. The van der Waals surface area contributed by atoms with Crippen molar-refractivity contribution in [2.75, 3.05) is 13.7 Å². The summed E-state index contributed by atoms with van der Waals surface area (Å²) < 4.78 is 35.1. The maximum Gasteiger partial charge on any atom is 0.303 e. The molecule has 0 bridgehead atoms. The molecule has 1 heterocycles. The Labute approximate surface area is 290 Å². The van der Waals surface area contributed by atoms with Crippen molar-refractivity contribution in [3.63, 3.8) is 0 Å². The molecular formula is C38H42O10S. The van der Waals surface area contributed by atoms with Crippen LogP contribution in [0, 0.1) is 0 Å². The number of methoxy groups -OCH3 is 1. The predicted octanol–water partition coefficient (Wildman–Crippen LogP) is 6.00. The number of carbonyl (C=O) groups is 4. The fraction of sp³-hybridized carbons (Fsp3) is 0.421. The minimum atomic E-state index is -1.87. The SMILES string of the molecule is COC1(c2ccc(SCc3ccccc3)c(Cc3ccc(C4CC4)cc3)c2)O[C@H](COC(C)=O)[C@@H](OC(C)=O)[C@H](OC(C)=O)[C@H]1OC(C)=O. The third-order valence-electron chi connectivity index (χ3n) is 8.46. The highest BCUT2D eigenvalue weighted by Gasteiger charge is 2.61. The lowest BCUT2D eigenvalue weighted by atomic mass is 9.86. The van der Waals surface area contributed by atoms with Crippen molar-refractivity contribution in [2.45, 2.75) is 93.7 Å². The van der Waals surface area contributed by atoms with Crippen molar-refractivity contribution >= 4 is 35.6 Å². The highest BCUT2D eigenvalue weighted by molar-refractivity contribution is 7.98. The van der Waals surface area contributed by atoms with E-state index in [-0.39, 0.29) is 6.61 Å². The van der Waals surface area contributed by atoms with Crippen LogP contribution in [0.25, 0.3) is 0 Å². The molecule has 0 spiro atoms. The van der Waals surface area contributed by atoms with Crippen molar-refractivity contribution in [2.24, 2.45) is 0 Å². The van der Waals surface area contributed by atoms with E-state index in [9.17, 15) is 19.2 Å². The van der Waals surface area contributed by atoms with Gasteiger partial charge in [-0.2, -0.15) is 0 Å². The molecule has 11 heteroatoms. The first-order chi connectivity index (χ1) is 23.5. The summed E-state index contributed by atoms with van der Waals surface area (Å²) in [5.74, 6) is -3.25. The Hall–Kier alpha value is -4.19. The smallest absolute Gasteiger partial charge is 0.303 e. The molecule has 3 aromatic carbocycles. The van der Waals surface area contributed by atoms with Crippen LogP contribution >= 0.6 is 11.8 Å². The molecule has 0 amide bonds. The van der Waals surface area contributed by atoms with Crippen LogP contribution in [0.4, 0.5) is 0 Å². The molecule has 49 heavy (non-hydrogen) atoms. The van der Waals surface area contributed by atoms with Gasteiger partial charge in [-0.1, -0.05) is 60.7 Å². The summed E-state index contributed by atoms with van der Waals surface area (Å²) in [5.41, 5.74) is 5.04. The summed E-state index contributed by atoms with van der Waals surface area (Å²) in [6, 6.07) is 24.5. The highest BCUT2D eigenvalue weighted by atomic mass is 32.2. The first-order valence-electron chi connectivity index (χ1n) is 16.3. The summed E-state index contributed by atoms with van der Waals surface area (Å²) >= 11 is 1.69. The Balaban J connectivity index is 1.61. The van der Waals surface area contributed by atoms with E-state index in [1.807, 2.05) is 36.4 Å². The van der Waals surface area contributed by atoms with Gasteiger partial charge in [-0.05, 0) is 59.6 Å². The van der Waals surface area contributed by atoms with Gasteiger partial charge in [0.25, 0.3) is 0 Å². The number of thioether (sulfide) groups is 1. The van der Waals surface area contributed by atoms with Gasteiger partial charge in [-0.15, -0.1) is 11.8 Å². The molecule has 0 aromatic heterocycles. The summed E-state index contributed by atoms with van der Waals surface area (Å²) in [6.45, 7) is 4.44. The first-order valence-corrected chi connectivity index (χ1v) is 17.2. The van der Waals surface area contributed by atoms with Gasteiger partial charge >= 0.3 is 23.9 Å². The van der Waals surface area contributed by atoms with Crippen molar-refractivity contribution in [3.8, 4) is 0 Å². The molecule has 1 aliphatic heterocycles. The molecule has 5 atom stereocenters. The third kappa shape index (κ3) is 9.09. The number of hydrogen-bond acceptors (Lipinski definition) is 11. The number of benzene rings is 3. The van der Waals surface area contributed by atoms with Crippen LogP contribution in [0.1, 0.15) is 74.3 Å². The van der Waals surface area contributed by atoms with Gasteiger partial charge in [-0.3, -0.25) is 19.2 Å². The van der Waals surface area contributed by atoms with E-state index in [2.05, 4.69) is 36.4 Å². The summed E-state index contributed by atoms with van der Waals surface area (Å²) in [7, 11) is 1.38. The number of carbonyl (C=O) groups excluding carboxylic acids is 4. The van der Waals surface area contributed by atoms with Gasteiger partial charge in [0.15, 0.2) is 12.2 Å². The van der Waals surface area contributed by atoms with E-state index < -0.39 is 54.1 Å². The van der Waals surface area contributed by atoms with Crippen molar-refractivity contribution in [3.05, 3.63) is 101 Å². The fourth-order valence-corrected chi connectivity index (χ4v) is 7.13. The third-order valence-corrected chi connectivity index (χ3v) is 9.65. The van der Waals surface area contributed by atoms with Crippen LogP contribution in [0.3, 0.4) is 0 Å². The zero-order valence-electron chi connectivity index (χ0n) is 28.3. The van der Waals surface area contributed by atoms with Crippen LogP contribution < -0.4 is 0 Å². The Kier molecular flexibility index (Phi) is 11.8. The van der Waals surface area contributed by atoms with Gasteiger partial charge in [0.2, 0.25) is 11.9 Å². The molecule has 10 nitrogen and oxygen atoms in total. The fourth-order valence-electron chi connectivity index (χ4n) is 6.14. The van der Waals surface area contributed by atoms with Crippen LogP contribution in [-0.2, 0) is 65.6 Å². The van der Waals surface area contributed by atoms with Crippen LogP contribution in [-0.4, -0.2) is 62.0 Å². The van der Waals surface area contributed by atoms with E-state index in [1.54, 1.807) is 11.8 Å². The largest absolute Gasteiger partial charge is 0.463 e. The summed E-state index contributed by atoms with van der Waals surface area (Å²) in [6.07, 6.45) is -2.28. The molecule has 1 unspecified atom stereocenters. The average molecular weight is 691 g/mol. The Morgan fingerprint density at radius 1 is 0.776 bits per heavy atom. The molecule has 0 radical (unpaired) electrons. The molecule has 2 fully saturated rings. The number of esters is 4. The van der Waals surface area contributed by atoms with E-state index in [0.717, 1.165) is 21.8 Å². The molecule has 1 saturated carbocycles. The molecule has 3 aromatic rings. The summed E-state index contributed by atoms with van der Waals surface area (Å²) in [5, 5.41) is 0. The topological polar surface area (TPSA) is 124 Å². The number of hydrogen-bond donors (Lipinski definition) is 0. The maximum absolute atomic E-state index is 12.6. The standard InChI is InChI=1S/C38H42O10S/c1-23(39)44-21-33-35(45-24(2)40)36(46-25(3)41)37(47-26(4)42)38(43-5,48-33)32-17-18-34(49-22-28-9-7-6-8-10-28)31(20-32)19-27-11-13-29(14-12-27)30-15-16-30/h6-14,17-18,20,30,33,35-37H,15-16,19,21-22H2,1-5H3/t33-,35-,36+,37-,38?/m1/s1. The minimum absolute atomic E-state index is 0.367. The molecule has 5 rings (SSSR count). The number of ether oxygens (including phenoxy) is 6. The van der Waals surface area contributed by atoms with Crippen molar-refractivity contribution < 1.29 is 47.6 Å². The first kappa shape index (κ1) is 36.1. The monoisotopic (exact) mass is 690 g/mol. The zero-order valence-corrected chi connectivity index (χ0v) is 29.2. The second kappa shape index (κ2) is 16.0. The van der Waals surface area contributed by atoms with Gasteiger partial charge in [0.05, 0.1) is 0 Å². The van der Waals surface area contributed by atoms with E-state index >= 15 is 0 Å². The molecule has 260 valence electrons. The Morgan fingerprint density at radius 3 is 2.02 bits per heavy atom. The molecule has 1 aliphatic carbocycles.